The van der Waals surface area contributed by atoms with E-state index in [2.05, 4.69) is 0 Å². The van der Waals surface area contributed by atoms with Crippen LogP contribution in [0.5, 0.6) is 0 Å². The summed E-state index contributed by atoms with van der Waals surface area (Å²) in [5, 5.41) is 18.5. The van der Waals surface area contributed by atoms with Crippen molar-refractivity contribution in [1.82, 2.24) is 0 Å². The fourth-order valence-corrected chi connectivity index (χ4v) is 4.68. The monoisotopic (exact) mass is 196 g/mol. The summed E-state index contributed by atoms with van der Waals surface area (Å²) in [4.78, 5) is 0. The standard InChI is InChI=1S/C12H20O2/c13-5-7-1-10-8-3-9(6-14)11(4-8)12(10)2-7/h7-14H,1-6H2/t7-,8+,9+,10-,11-,12+/m1/s1. The number of aliphatic hydroxyl groups is 2. The van der Waals surface area contributed by atoms with E-state index in [1.807, 2.05) is 0 Å². The van der Waals surface area contributed by atoms with Crippen LogP contribution in [0.1, 0.15) is 25.7 Å². The lowest BCUT2D eigenvalue weighted by Gasteiger charge is -2.30. The van der Waals surface area contributed by atoms with Crippen molar-refractivity contribution in [2.24, 2.45) is 35.5 Å². The van der Waals surface area contributed by atoms with Gasteiger partial charge in [-0.1, -0.05) is 0 Å². The van der Waals surface area contributed by atoms with Crippen LogP contribution in [0.3, 0.4) is 0 Å². The molecule has 2 nitrogen and oxygen atoms in total. The molecule has 2 bridgehead atoms. The molecule has 0 unspecified atom stereocenters. The number of aliphatic hydroxyl groups excluding tert-OH is 2. The SMILES string of the molecule is OC[C@H]1C[C@H]2[C@H](C1)[C@H]1C[C@@H](CO)[C@H]2C1. The van der Waals surface area contributed by atoms with E-state index < -0.39 is 0 Å². The minimum absolute atomic E-state index is 0.385. The van der Waals surface area contributed by atoms with Crippen LogP contribution in [0.25, 0.3) is 0 Å². The molecule has 3 aliphatic rings. The molecule has 0 saturated heterocycles. The van der Waals surface area contributed by atoms with E-state index in [4.69, 9.17) is 0 Å². The molecule has 3 fully saturated rings. The predicted octanol–water partition coefficient (Wildman–Crippen LogP) is 1.27. The molecule has 0 aromatic carbocycles. The fraction of sp³-hybridized carbons (Fsp3) is 1.00. The third kappa shape index (κ3) is 1.10. The molecule has 2 heteroatoms. The van der Waals surface area contributed by atoms with E-state index in [1.165, 1.54) is 25.7 Å². The first-order valence-corrected chi connectivity index (χ1v) is 6.05. The van der Waals surface area contributed by atoms with Crippen molar-refractivity contribution < 1.29 is 10.2 Å². The van der Waals surface area contributed by atoms with E-state index in [9.17, 15) is 10.2 Å². The Labute approximate surface area is 85.3 Å². The summed E-state index contributed by atoms with van der Waals surface area (Å²) < 4.78 is 0. The second-order valence-corrected chi connectivity index (χ2v) is 5.69. The van der Waals surface area contributed by atoms with Crippen molar-refractivity contribution in [3.63, 3.8) is 0 Å². The van der Waals surface area contributed by atoms with Crippen molar-refractivity contribution in [2.45, 2.75) is 25.7 Å². The fourth-order valence-electron chi connectivity index (χ4n) is 4.68. The van der Waals surface area contributed by atoms with Crippen molar-refractivity contribution in [3.05, 3.63) is 0 Å². The van der Waals surface area contributed by atoms with E-state index >= 15 is 0 Å². The summed E-state index contributed by atoms with van der Waals surface area (Å²) in [5.74, 6) is 4.61. The summed E-state index contributed by atoms with van der Waals surface area (Å²) in [6.07, 6.45) is 5.14. The Kier molecular flexibility index (Phi) is 2.10. The molecule has 0 spiro atoms. The van der Waals surface area contributed by atoms with Crippen LogP contribution < -0.4 is 0 Å². The Bertz CT molecular complexity index is 226. The van der Waals surface area contributed by atoms with E-state index in [0.717, 1.165) is 23.7 Å². The molecule has 3 saturated carbocycles. The molecule has 3 aliphatic carbocycles. The lowest BCUT2D eigenvalue weighted by Crippen LogP contribution is -2.26. The highest BCUT2D eigenvalue weighted by molar-refractivity contribution is 5.04. The lowest BCUT2D eigenvalue weighted by atomic mass is 9.76. The second kappa shape index (κ2) is 3.21. The number of hydrogen-bond donors (Lipinski definition) is 2. The van der Waals surface area contributed by atoms with Crippen LogP contribution in [0.15, 0.2) is 0 Å². The third-order valence-corrected chi connectivity index (χ3v) is 5.20. The Morgan fingerprint density at radius 3 is 2.29 bits per heavy atom. The predicted molar refractivity (Wildman–Crippen MR) is 53.6 cm³/mol. The van der Waals surface area contributed by atoms with Crippen LogP contribution in [0.2, 0.25) is 0 Å². The molecule has 0 aliphatic heterocycles. The molecule has 0 aromatic rings. The summed E-state index contributed by atoms with van der Waals surface area (Å²) in [6.45, 7) is 0.782. The number of hydrogen-bond acceptors (Lipinski definition) is 2. The van der Waals surface area contributed by atoms with Gasteiger partial charge < -0.3 is 10.2 Å². The first kappa shape index (κ1) is 9.17. The van der Waals surface area contributed by atoms with E-state index in [0.29, 0.717) is 25.0 Å². The lowest BCUT2D eigenvalue weighted by molar-refractivity contribution is 0.120. The number of rotatable bonds is 2. The molecular formula is C12H20O2. The summed E-state index contributed by atoms with van der Waals surface area (Å²) in [5.41, 5.74) is 0. The molecule has 0 amide bonds. The van der Waals surface area contributed by atoms with Gasteiger partial charge in [-0.3, -0.25) is 0 Å². The smallest absolute Gasteiger partial charge is 0.0462 e. The minimum Gasteiger partial charge on any atom is -0.396 e. The topological polar surface area (TPSA) is 40.5 Å². The van der Waals surface area contributed by atoms with Crippen molar-refractivity contribution in [2.75, 3.05) is 13.2 Å². The largest absolute Gasteiger partial charge is 0.396 e. The zero-order chi connectivity index (χ0) is 9.71. The molecule has 0 aromatic heterocycles. The first-order chi connectivity index (χ1) is 6.83. The van der Waals surface area contributed by atoms with Gasteiger partial charge in [0, 0.05) is 13.2 Å². The molecule has 14 heavy (non-hydrogen) atoms. The second-order valence-electron chi connectivity index (χ2n) is 5.69. The van der Waals surface area contributed by atoms with Crippen LogP contribution in [0, 0.1) is 35.5 Å². The zero-order valence-electron chi connectivity index (χ0n) is 8.60. The highest BCUT2D eigenvalue weighted by Crippen LogP contribution is 2.61. The Morgan fingerprint density at radius 2 is 1.57 bits per heavy atom. The average Bonchev–Trinajstić information content (AvgIpc) is 2.87. The molecule has 2 N–H and O–H groups in total. The van der Waals surface area contributed by atoms with E-state index in [1.54, 1.807) is 0 Å². The minimum atomic E-state index is 0.385. The maximum absolute atomic E-state index is 9.28. The van der Waals surface area contributed by atoms with Gasteiger partial charge >= 0.3 is 0 Å². The van der Waals surface area contributed by atoms with Gasteiger partial charge in [-0.05, 0) is 61.2 Å². The number of fused-ring (bicyclic) bond motifs is 5. The van der Waals surface area contributed by atoms with Crippen LogP contribution in [-0.2, 0) is 0 Å². The van der Waals surface area contributed by atoms with Gasteiger partial charge in [0.25, 0.3) is 0 Å². The van der Waals surface area contributed by atoms with E-state index in [-0.39, 0.29) is 0 Å². The highest BCUT2D eigenvalue weighted by atomic mass is 16.3. The highest BCUT2D eigenvalue weighted by Gasteiger charge is 2.55. The molecule has 0 radical (unpaired) electrons. The Morgan fingerprint density at radius 1 is 0.786 bits per heavy atom. The molecule has 3 rings (SSSR count). The Hall–Kier alpha value is -0.0800. The normalized spacial score (nSPS) is 55.3. The van der Waals surface area contributed by atoms with Crippen molar-refractivity contribution in [1.29, 1.82) is 0 Å². The maximum Gasteiger partial charge on any atom is 0.0462 e. The molecule has 80 valence electrons. The van der Waals surface area contributed by atoms with Crippen LogP contribution in [0.4, 0.5) is 0 Å². The third-order valence-electron chi connectivity index (χ3n) is 5.20. The van der Waals surface area contributed by atoms with Crippen LogP contribution in [-0.4, -0.2) is 23.4 Å². The Balaban J connectivity index is 1.75. The maximum atomic E-state index is 9.28. The van der Waals surface area contributed by atoms with Crippen LogP contribution >= 0.6 is 0 Å². The summed E-state index contributed by atoms with van der Waals surface area (Å²) >= 11 is 0. The van der Waals surface area contributed by atoms with Gasteiger partial charge in [0.15, 0.2) is 0 Å². The summed E-state index contributed by atoms with van der Waals surface area (Å²) in [6, 6.07) is 0. The van der Waals surface area contributed by atoms with Crippen molar-refractivity contribution in [3.8, 4) is 0 Å². The van der Waals surface area contributed by atoms with Gasteiger partial charge in [-0.2, -0.15) is 0 Å². The zero-order valence-corrected chi connectivity index (χ0v) is 8.60. The van der Waals surface area contributed by atoms with Gasteiger partial charge in [-0.25, -0.2) is 0 Å². The molecule has 0 heterocycles. The first-order valence-electron chi connectivity index (χ1n) is 6.05. The van der Waals surface area contributed by atoms with Crippen molar-refractivity contribution >= 4 is 0 Å². The quantitative estimate of drug-likeness (QED) is 0.698. The van der Waals surface area contributed by atoms with Gasteiger partial charge in [0.05, 0.1) is 0 Å². The summed E-state index contributed by atoms with van der Waals surface area (Å²) in [7, 11) is 0. The van der Waals surface area contributed by atoms with Gasteiger partial charge in [0.1, 0.15) is 0 Å². The molecule has 6 atom stereocenters. The van der Waals surface area contributed by atoms with Gasteiger partial charge in [0.2, 0.25) is 0 Å². The molecular weight excluding hydrogens is 176 g/mol. The van der Waals surface area contributed by atoms with Gasteiger partial charge in [-0.15, -0.1) is 0 Å². The average molecular weight is 196 g/mol.